The third-order valence-corrected chi connectivity index (χ3v) is 4.23. The highest BCUT2D eigenvalue weighted by atomic mass is 35.5. The maximum absolute atomic E-state index is 13.0. The summed E-state index contributed by atoms with van der Waals surface area (Å²) >= 11 is 5.98. The number of hydrogen-bond acceptors (Lipinski definition) is 2. The molecule has 0 saturated carbocycles. The standard InChI is InChI=1S/C15H18ClFN2O3/c1-9(12-3-2-11(17)8-13(12)16)18-15(22)19-6-4-10(5-7-19)14(20)21/h2-3,8-10H,4-7H2,1H3,(H,18,22)(H,20,21). The van der Waals surface area contributed by atoms with Gasteiger partial charge >= 0.3 is 12.0 Å². The molecule has 2 amide bonds. The summed E-state index contributed by atoms with van der Waals surface area (Å²) < 4.78 is 13.0. The lowest BCUT2D eigenvalue weighted by atomic mass is 9.97. The van der Waals surface area contributed by atoms with Gasteiger partial charge in [0.25, 0.3) is 0 Å². The smallest absolute Gasteiger partial charge is 0.317 e. The molecular weight excluding hydrogens is 311 g/mol. The quantitative estimate of drug-likeness (QED) is 0.896. The summed E-state index contributed by atoms with van der Waals surface area (Å²) in [6.45, 7) is 2.58. The predicted molar refractivity (Wildman–Crippen MR) is 80.3 cm³/mol. The summed E-state index contributed by atoms with van der Waals surface area (Å²) in [5, 5.41) is 12.0. The number of aliphatic carboxylic acids is 1. The zero-order valence-electron chi connectivity index (χ0n) is 12.2. The Bertz CT molecular complexity index is 574. The van der Waals surface area contributed by atoms with E-state index in [1.165, 1.54) is 12.1 Å². The van der Waals surface area contributed by atoms with Gasteiger partial charge in [0.1, 0.15) is 5.82 Å². The number of carboxylic acid groups (broad SMARTS) is 1. The van der Waals surface area contributed by atoms with Crippen molar-refractivity contribution >= 4 is 23.6 Å². The van der Waals surface area contributed by atoms with Crippen molar-refractivity contribution < 1.29 is 19.1 Å². The number of urea groups is 1. The van der Waals surface area contributed by atoms with E-state index in [1.807, 2.05) is 0 Å². The van der Waals surface area contributed by atoms with E-state index in [9.17, 15) is 14.0 Å². The van der Waals surface area contributed by atoms with Crippen molar-refractivity contribution in [1.82, 2.24) is 10.2 Å². The van der Waals surface area contributed by atoms with Crippen LogP contribution in [-0.2, 0) is 4.79 Å². The number of nitrogens with one attached hydrogen (secondary N) is 1. The van der Waals surface area contributed by atoms with E-state index in [1.54, 1.807) is 17.9 Å². The van der Waals surface area contributed by atoms with Crippen molar-refractivity contribution in [2.75, 3.05) is 13.1 Å². The van der Waals surface area contributed by atoms with Crippen molar-refractivity contribution in [3.05, 3.63) is 34.6 Å². The van der Waals surface area contributed by atoms with Gasteiger partial charge in [0, 0.05) is 18.1 Å². The van der Waals surface area contributed by atoms with Gasteiger partial charge in [-0.1, -0.05) is 17.7 Å². The molecule has 1 aromatic rings. The molecule has 1 fully saturated rings. The summed E-state index contributed by atoms with van der Waals surface area (Å²) in [5.74, 6) is -1.62. The second-order valence-corrected chi connectivity index (χ2v) is 5.84. The van der Waals surface area contributed by atoms with Crippen LogP contribution in [0.1, 0.15) is 31.4 Å². The van der Waals surface area contributed by atoms with Gasteiger partial charge in [-0.15, -0.1) is 0 Å². The van der Waals surface area contributed by atoms with Crippen LogP contribution in [0.15, 0.2) is 18.2 Å². The molecule has 0 aliphatic carbocycles. The first-order valence-corrected chi connectivity index (χ1v) is 7.49. The molecule has 0 aromatic heterocycles. The van der Waals surface area contributed by atoms with Crippen LogP contribution in [0.3, 0.4) is 0 Å². The molecule has 7 heteroatoms. The van der Waals surface area contributed by atoms with E-state index in [0.29, 0.717) is 31.5 Å². The second-order valence-electron chi connectivity index (χ2n) is 5.44. The molecular formula is C15H18ClFN2O3. The summed E-state index contributed by atoms with van der Waals surface area (Å²) in [5.41, 5.74) is 0.636. The van der Waals surface area contributed by atoms with Gasteiger partial charge in [-0.3, -0.25) is 4.79 Å². The van der Waals surface area contributed by atoms with Crippen LogP contribution in [0.5, 0.6) is 0 Å². The van der Waals surface area contributed by atoms with Crippen LogP contribution in [-0.4, -0.2) is 35.1 Å². The van der Waals surface area contributed by atoms with Gasteiger partial charge in [-0.2, -0.15) is 0 Å². The minimum Gasteiger partial charge on any atom is -0.481 e. The van der Waals surface area contributed by atoms with E-state index in [2.05, 4.69) is 5.32 Å². The minimum absolute atomic E-state index is 0.261. The van der Waals surface area contributed by atoms with Gasteiger partial charge in [-0.25, -0.2) is 9.18 Å². The third-order valence-electron chi connectivity index (χ3n) is 3.90. The predicted octanol–water partition coefficient (Wildman–Crippen LogP) is 3.05. The van der Waals surface area contributed by atoms with Gasteiger partial charge in [0.2, 0.25) is 0 Å². The van der Waals surface area contributed by atoms with Crippen molar-refractivity contribution in [2.45, 2.75) is 25.8 Å². The Kier molecular flexibility index (Phi) is 5.24. The van der Waals surface area contributed by atoms with Crippen molar-refractivity contribution in [1.29, 1.82) is 0 Å². The zero-order chi connectivity index (χ0) is 16.3. The fourth-order valence-electron chi connectivity index (χ4n) is 2.54. The first-order valence-electron chi connectivity index (χ1n) is 7.11. The number of likely N-dealkylation sites (tertiary alicyclic amines) is 1. The van der Waals surface area contributed by atoms with Crippen LogP contribution in [0.25, 0.3) is 0 Å². The fourth-order valence-corrected chi connectivity index (χ4v) is 2.87. The number of halogens is 2. The summed E-state index contributed by atoms with van der Waals surface area (Å²) in [7, 11) is 0. The van der Waals surface area contributed by atoms with Crippen molar-refractivity contribution in [2.24, 2.45) is 5.92 Å². The highest BCUT2D eigenvalue weighted by Gasteiger charge is 2.27. The summed E-state index contributed by atoms with van der Waals surface area (Å²) in [6.07, 6.45) is 0.906. The highest BCUT2D eigenvalue weighted by molar-refractivity contribution is 6.31. The van der Waals surface area contributed by atoms with Gasteiger partial charge in [-0.05, 0) is 37.5 Å². The topological polar surface area (TPSA) is 69.6 Å². The molecule has 0 bridgehead atoms. The number of carbonyl (C=O) groups excluding carboxylic acids is 1. The number of rotatable bonds is 3. The monoisotopic (exact) mass is 328 g/mol. The lowest BCUT2D eigenvalue weighted by molar-refractivity contribution is -0.143. The Balaban J connectivity index is 1.93. The van der Waals surface area contributed by atoms with Crippen molar-refractivity contribution in [3.8, 4) is 0 Å². The molecule has 22 heavy (non-hydrogen) atoms. The molecule has 1 aliphatic rings. The van der Waals surface area contributed by atoms with Crippen LogP contribution >= 0.6 is 11.6 Å². The first-order chi connectivity index (χ1) is 10.4. The van der Waals surface area contributed by atoms with Gasteiger partial charge < -0.3 is 15.3 Å². The minimum atomic E-state index is -0.813. The molecule has 2 rings (SSSR count). The lowest BCUT2D eigenvalue weighted by Crippen LogP contribution is -2.46. The largest absolute Gasteiger partial charge is 0.481 e. The van der Waals surface area contributed by atoms with Gasteiger partial charge in [0.05, 0.1) is 12.0 Å². The van der Waals surface area contributed by atoms with E-state index < -0.39 is 11.8 Å². The zero-order valence-corrected chi connectivity index (χ0v) is 12.9. The molecule has 0 radical (unpaired) electrons. The van der Waals surface area contributed by atoms with Crippen LogP contribution in [0.4, 0.5) is 9.18 Å². The number of benzene rings is 1. The van der Waals surface area contributed by atoms with Crippen molar-refractivity contribution in [3.63, 3.8) is 0 Å². The van der Waals surface area contributed by atoms with E-state index in [0.717, 1.165) is 0 Å². The molecule has 1 aliphatic heterocycles. The maximum Gasteiger partial charge on any atom is 0.317 e. The summed E-state index contributed by atoms with van der Waals surface area (Å²) in [6, 6.07) is 3.41. The number of nitrogens with zero attached hydrogens (tertiary/aromatic N) is 1. The Morgan fingerprint density at radius 1 is 1.41 bits per heavy atom. The number of piperidine rings is 1. The second kappa shape index (κ2) is 6.96. The average Bonchev–Trinajstić information content (AvgIpc) is 2.47. The highest BCUT2D eigenvalue weighted by Crippen LogP contribution is 2.24. The third kappa shape index (κ3) is 3.88. The average molecular weight is 329 g/mol. The number of amides is 2. The molecule has 120 valence electrons. The molecule has 1 atom stereocenters. The molecule has 5 nitrogen and oxygen atoms in total. The molecule has 0 spiro atoms. The Morgan fingerprint density at radius 2 is 2.05 bits per heavy atom. The lowest BCUT2D eigenvalue weighted by Gasteiger charge is -2.31. The fraction of sp³-hybridized carbons (Fsp3) is 0.467. The van der Waals surface area contributed by atoms with Gasteiger partial charge in [0.15, 0.2) is 0 Å². The van der Waals surface area contributed by atoms with E-state index >= 15 is 0 Å². The maximum atomic E-state index is 13.0. The molecule has 1 unspecified atom stereocenters. The summed E-state index contributed by atoms with van der Waals surface area (Å²) in [4.78, 5) is 24.7. The van der Waals surface area contributed by atoms with E-state index in [-0.39, 0.29) is 23.0 Å². The van der Waals surface area contributed by atoms with Crippen LogP contribution < -0.4 is 5.32 Å². The number of carbonyl (C=O) groups is 2. The van der Waals surface area contributed by atoms with Crippen LogP contribution in [0, 0.1) is 11.7 Å². The number of carboxylic acids is 1. The molecule has 1 saturated heterocycles. The molecule has 1 heterocycles. The van der Waals surface area contributed by atoms with Crippen LogP contribution in [0.2, 0.25) is 5.02 Å². The number of hydrogen-bond donors (Lipinski definition) is 2. The Hall–Kier alpha value is -1.82. The Labute approximate surface area is 133 Å². The van der Waals surface area contributed by atoms with E-state index in [4.69, 9.17) is 16.7 Å². The molecule has 1 aromatic carbocycles. The molecule has 2 N–H and O–H groups in total. The Morgan fingerprint density at radius 3 is 2.59 bits per heavy atom. The normalized spacial score (nSPS) is 17.1. The SMILES string of the molecule is CC(NC(=O)N1CCC(C(=O)O)CC1)c1ccc(F)cc1Cl. The first kappa shape index (κ1) is 16.5.